The second-order valence-corrected chi connectivity index (χ2v) is 10.6. The number of esters is 1. The number of aryl methyl sites for hydroxylation is 1. The lowest BCUT2D eigenvalue weighted by molar-refractivity contribution is -0.122. The predicted octanol–water partition coefficient (Wildman–Crippen LogP) is 6.09. The number of rotatable bonds is 9. The maximum Gasteiger partial charge on any atom is 0.343 e. The van der Waals surface area contributed by atoms with Gasteiger partial charge in [-0.2, -0.15) is 0 Å². The molecule has 1 amide bonds. The second-order valence-electron chi connectivity index (χ2n) is 10.1. The zero-order valence-corrected chi connectivity index (χ0v) is 22.3. The largest absolute Gasteiger partial charge is 0.423 e. The van der Waals surface area contributed by atoms with E-state index in [1.165, 1.54) is 5.56 Å². The number of ether oxygens (including phenoxy) is 1. The van der Waals surface area contributed by atoms with E-state index in [0.717, 1.165) is 42.7 Å². The molecular formula is C31H35ClN2O3. The Kier molecular flexibility index (Phi) is 9.01. The Morgan fingerprint density at radius 1 is 0.946 bits per heavy atom. The van der Waals surface area contributed by atoms with Crippen molar-refractivity contribution in [1.82, 2.24) is 10.2 Å². The van der Waals surface area contributed by atoms with Crippen molar-refractivity contribution in [3.05, 3.63) is 101 Å². The number of halogens is 1. The van der Waals surface area contributed by atoms with Crippen molar-refractivity contribution in [3.63, 3.8) is 0 Å². The molecule has 0 aromatic heterocycles. The minimum atomic E-state index is -0.400. The average Bonchev–Trinajstić information content (AvgIpc) is 2.91. The fraction of sp³-hybridized carbons (Fsp3) is 0.355. The highest BCUT2D eigenvalue weighted by atomic mass is 35.5. The lowest BCUT2D eigenvalue weighted by Gasteiger charge is -2.45. The summed E-state index contributed by atoms with van der Waals surface area (Å²) < 4.78 is 5.63. The number of hydrogen-bond acceptors (Lipinski definition) is 4. The third kappa shape index (κ3) is 7.21. The van der Waals surface area contributed by atoms with Gasteiger partial charge in [0.05, 0.1) is 5.56 Å². The summed E-state index contributed by atoms with van der Waals surface area (Å²) in [6.07, 6.45) is 5.76. The Hall–Kier alpha value is -3.15. The monoisotopic (exact) mass is 518 g/mol. The van der Waals surface area contributed by atoms with Crippen LogP contribution in [-0.4, -0.2) is 42.5 Å². The number of nitrogens with one attached hydrogen (secondary N) is 1. The van der Waals surface area contributed by atoms with Gasteiger partial charge in [-0.15, -0.1) is 0 Å². The summed E-state index contributed by atoms with van der Waals surface area (Å²) in [5.74, 6) is 0.131. The van der Waals surface area contributed by atoms with Crippen molar-refractivity contribution >= 4 is 23.5 Å². The molecule has 0 atom stereocenters. The molecule has 37 heavy (non-hydrogen) atoms. The van der Waals surface area contributed by atoms with E-state index in [2.05, 4.69) is 36.4 Å². The minimum Gasteiger partial charge on any atom is -0.423 e. The smallest absolute Gasteiger partial charge is 0.343 e. The molecule has 1 N–H and O–H groups in total. The number of carbonyl (C=O) groups is 2. The normalized spacial score (nSPS) is 19.4. The first kappa shape index (κ1) is 26.9. The van der Waals surface area contributed by atoms with E-state index in [0.29, 0.717) is 24.2 Å². The van der Waals surface area contributed by atoms with Gasteiger partial charge in [0, 0.05) is 23.0 Å². The molecule has 3 aromatic carbocycles. The molecule has 1 saturated carbocycles. The van der Waals surface area contributed by atoms with Crippen LogP contribution >= 0.6 is 11.6 Å². The third-order valence-electron chi connectivity index (χ3n) is 7.48. The van der Waals surface area contributed by atoms with Crippen LogP contribution in [0.15, 0.2) is 78.9 Å². The van der Waals surface area contributed by atoms with Crippen molar-refractivity contribution in [3.8, 4) is 5.75 Å². The summed E-state index contributed by atoms with van der Waals surface area (Å²) in [7, 11) is 4.30. The molecule has 5 nitrogen and oxygen atoms in total. The maximum atomic E-state index is 12.8. The van der Waals surface area contributed by atoms with Gasteiger partial charge in [0.25, 0.3) is 0 Å². The predicted molar refractivity (Wildman–Crippen MR) is 148 cm³/mol. The van der Waals surface area contributed by atoms with Crippen molar-refractivity contribution in [2.45, 2.75) is 56.5 Å². The van der Waals surface area contributed by atoms with Crippen molar-refractivity contribution in [1.29, 1.82) is 0 Å². The van der Waals surface area contributed by atoms with E-state index in [1.54, 1.807) is 30.3 Å². The minimum absolute atomic E-state index is 0.0317. The van der Waals surface area contributed by atoms with Crippen LogP contribution in [0, 0.1) is 0 Å². The number of para-hydroxylation sites is 1. The summed E-state index contributed by atoms with van der Waals surface area (Å²) >= 11 is 6.07. The first-order valence-corrected chi connectivity index (χ1v) is 13.3. The van der Waals surface area contributed by atoms with E-state index < -0.39 is 5.97 Å². The van der Waals surface area contributed by atoms with Crippen molar-refractivity contribution < 1.29 is 14.3 Å². The maximum absolute atomic E-state index is 12.8. The van der Waals surface area contributed by atoms with Crippen LogP contribution < -0.4 is 10.1 Å². The summed E-state index contributed by atoms with van der Waals surface area (Å²) in [4.78, 5) is 27.6. The van der Waals surface area contributed by atoms with Crippen molar-refractivity contribution in [2.75, 3.05) is 14.1 Å². The SMILES string of the molecule is CN(C)C1(Cc2ccc(Cl)cc2)CCC(NC(=O)CCc2ccccc2OC(=O)c2ccccc2)CC1. The van der Waals surface area contributed by atoms with Gasteiger partial charge in [-0.25, -0.2) is 4.79 Å². The molecular weight excluding hydrogens is 484 g/mol. The van der Waals surface area contributed by atoms with Gasteiger partial charge in [-0.3, -0.25) is 4.79 Å². The first-order valence-electron chi connectivity index (χ1n) is 12.9. The van der Waals surface area contributed by atoms with E-state index in [4.69, 9.17) is 16.3 Å². The van der Waals surface area contributed by atoms with Crippen LogP contribution in [0.25, 0.3) is 0 Å². The fourth-order valence-corrected chi connectivity index (χ4v) is 5.28. The van der Waals surface area contributed by atoms with Gasteiger partial charge in [0.1, 0.15) is 5.75 Å². The lowest BCUT2D eigenvalue weighted by atomic mass is 9.75. The molecule has 0 bridgehead atoms. The Bertz CT molecular complexity index is 1190. The molecule has 0 unspecified atom stereocenters. The zero-order chi connectivity index (χ0) is 26.3. The second kappa shape index (κ2) is 12.4. The molecule has 0 radical (unpaired) electrons. The number of hydrogen-bond donors (Lipinski definition) is 1. The highest BCUT2D eigenvalue weighted by Gasteiger charge is 2.37. The van der Waals surface area contributed by atoms with E-state index in [1.807, 2.05) is 36.4 Å². The van der Waals surface area contributed by atoms with Crippen LogP contribution in [0.2, 0.25) is 5.02 Å². The summed E-state index contributed by atoms with van der Waals surface area (Å²) in [5, 5.41) is 4.00. The van der Waals surface area contributed by atoms with Crippen LogP contribution in [0.4, 0.5) is 0 Å². The molecule has 0 saturated heterocycles. The van der Waals surface area contributed by atoms with Gasteiger partial charge in [0.15, 0.2) is 0 Å². The number of nitrogens with zero attached hydrogens (tertiary/aromatic N) is 1. The molecule has 6 heteroatoms. The van der Waals surface area contributed by atoms with Gasteiger partial charge in [-0.1, -0.05) is 60.1 Å². The van der Waals surface area contributed by atoms with E-state index in [9.17, 15) is 9.59 Å². The summed E-state index contributed by atoms with van der Waals surface area (Å²) in [5.41, 5.74) is 2.71. The van der Waals surface area contributed by atoms with Crippen LogP contribution in [-0.2, 0) is 17.6 Å². The molecule has 3 aromatic rings. The van der Waals surface area contributed by atoms with Gasteiger partial charge in [-0.05, 0) is 94.1 Å². The fourth-order valence-electron chi connectivity index (χ4n) is 5.15. The Balaban J connectivity index is 1.29. The topological polar surface area (TPSA) is 58.6 Å². The van der Waals surface area contributed by atoms with E-state index >= 15 is 0 Å². The number of carbonyl (C=O) groups excluding carboxylic acids is 2. The van der Waals surface area contributed by atoms with Crippen LogP contribution in [0.1, 0.15) is 53.6 Å². The number of benzene rings is 3. The lowest BCUT2D eigenvalue weighted by Crippen LogP contribution is -2.52. The Morgan fingerprint density at radius 3 is 2.27 bits per heavy atom. The molecule has 1 fully saturated rings. The molecule has 0 aliphatic heterocycles. The third-order valence-corrected chi connectivity index (χ3v) is 7.73. The Labute approximate surface area is 224 Å². The van der Waals surface area contributed by atoms with Gasteiger partial charge in [0.2, 0.25) is 5.91 Å². The quantitative estimate of drug-likeness (QED) is 0.275. The molecule has 194 valence electrons. The van der Waals surface area contributed by atoms with Crippen LogP contribution in [0.3, 0.4) is 0 Å². The summed E-state index contributed by atoms with van der Waals surface area (Å²) in [6, 6.07) is 24.6. The Morgan fingerprint density at radius 2 is 1.59 bits per heavy atom. The molecule has 0 spiro atoms. The number of amides is 1. The molecule has 4 rings (SSSR count). The van der Waals surface area contributed by atoms with Gasteiger partial charge < -0.3 is 15.0 Å². The number of likely N-dealkylation sites (N-methyl/N-ethyl adjacent to an activating group) is 1. The van der Waals surface area contributed by atoms with Gasteiger partial charge >= 0.3 is 5.97 Å². The first-order chi connectivity index (χ1) is 17.8. The summed E-state index contributed by atoms with van der Waals surface area (Å²) in [6.45, 7) is 0. The van der Waals surface area contributed by atoms with Crippen LogP contribution in [0.5, 0.6) is 5.75 Å². The zero-order valence-electron chi connectivity index (χ0n) is 21.6. The molecule has 0 heterocycles. The van der Waals surface area contributed by atoms with E-state index in [-0.39, 0.29) is 17.5 Å². The highest BCUT2D eigenvalue weighted by molar-refractivity contribution is 6.30. The van der Waals surface area contributed by atoms with Crippen molar-refractivity contribution in [2.24, 2.45) is 0 Å². The molecule has 1 aliphatic carbocycles. The standard InChI is InChI=1S/C31H35ClN2O3/c1-34(2)31(22-23-12-15-26(32)16-13-23)20-18-27(19-21-31)33-29(35)17-14-24-8-6-7-11-28(24)37-30(36)25-9-4-3-5-10-25/h3-13,15-16,27H,14,17-22H2,1-2H3,(H,33,35). The molecule has 1 aliphatic rings. The average molecular weight is 519 g/mol. The highest BCUT2D eigenvalue weighted by Crippen LogP contribution is 2.35.